The summed E-state index contributed by atoms with van der Waals surface area (Å²) in [4.78, 5) is 19.1. The molecule has 1 aliphatic rings. The number of nitrogens with zero attached hydrogens (tertiary/aromatic N) is 3. The van der Waals surface area contributed by atoms with E-state index in [2.05, 4.69) is 16.9 Å². The van der Waals surface area contributed by atoms with E-state index in [4.69, 9.17) is 14.6 Å². The molecule has 1 fully saturated rings. The average molecular weight is 375 g/mol. The largest absolute Gasteiger partial charge is 0.488 e. The number of halogens is 1. The Labute approximate surface area is 159 Å². The van der Waals surface area contributed by atoms with Crippen LogP contribution in [0.25, 0.3) is 11.1 Å². The van der Waals surface area contributed by atoms with E-state index in [9.17, 15) is 4.39 Å². The van der Waals surface area contributed by atoms with Gasteiger partial charge in [0.25, 0.3) is 6.47 Å². The van der Waals surface area contributed by atoms with E-state index in [0.717, 1.165) is 34.0 Å². The monoisotopic (exact) mass is 375 g/mol. The fraction of sp³-hybridized carbons (Fsp3) is 0.450. The molecule has 2 heterocycles. The first-order valence-electron chi connectivity index (χ1n) is 8.74. The van der Waals surface area contributed by atoms with Gasteiger partial charge in [-0.1, -0.05) is 6.07 Å². The lowest BCUT2D eigenvalue weighted by molar-refractivity contribution is -0.122. The number of alkyl halides is 1. The van der Waals surface area contributed by atoms with E-state index in [0.29, 0.717) is 13.1 Å². The second kappa shape index (κ2) is 8.33. The number of rotatable bonds is 3. The van der Waals surface area contributed by atoms with Gasteiger partial charge in [0.15, 0.2) is 0 Å². The van der Waals surface area contributed by atoms with Crippen LogP contribution in [0.4, 0.5) is 10.2 Å². The van der Waals surface area contributed by atoms with Crippen molar-refractivity contribution in [2.75, 3.05) is 18.0 Å². The van der Waals surface area contributed by atoms with Crippen LogP contribution < -0.4 is 9.64 Å². The summed E-state index contributed by atoms with van der Waals surface area (Å²) in [7, 11) is 0. The molecule has 1 aromatic carbocycles. The highest BCUT2D eigenvalue weighted by Crippen LogP contribution is 2.37. The third kappa shape index (κ3) is 5.15. The van der Waals surface area contributed by atoms with Crippen LogP contribution in [0.3, 0.4) is 0 Å². The van der Waals surface area contributed by atoms with Gasteiger partial charge in [-0.25, -0.2) is 14.4 Å². The standard InChI is InChI=1S/C19H24FN3O.CH2O2/c1-12-8-15(24-19(3,4)5)6-7-16(12)17-13(2)21-11-22-18(17)23-9-14(20)10-23;2-1-3/h6-8,11,14H,9-10H2,1-5H3;1H,(H,2,3). The summed E-state index contributed by atoms with van der Waals surface area (Å²) in [5.41, 5.74) is 3.79. The molecular weight excluding hydrogens is 349 g/mol. The minimum Gasteiger partial charge on any atom is -0.488 e. The van der Waals surface area contributed by atoms with Crippen LogP contribution >= 0.6 is 0 Å². The van der Waals surface area contributed by atoms with Crippen molar-refractivity contribution in [2.45, 2.75) is 46.4 Å². The molecule has 1 N–H and O–H groups in total. The molecule has 1 aliphatic heterocycles. The molecule has 0 saturated carbocycles. The first-order chi connectivity index (χ1) is 12.7. The number of carboxylic acid groups (broad SMARTS) is 1. The Hall–Kier alpha value is -2.70. The number of hydrogen-bond acceptors (Lipinski definition) is 5. The fourth-order valence-electron chi connectivity index (χ4n) is 2.95. The summed E-state index contributed by atoms with van der Waals surface area (Å²) in [6, 6.07) is 6.04. The van der Waals surface area contributed by atoms with Crippen molar-refractivity contribution in [3.05, 3.63) is 35.8 Å². The molecule has 1 saturated heterocycles. The first kappa shape index (κ1) is 20.6. The SMILES string of the molecule is Cc1cc(OC(C)(C)C)ccc1-c1c(C)ncnc1N1CC(F)C1.O=CO. The quantitative estimate of drug-likeness (QED) is 0.823. The van der Waals surface area contributed by atoms with Crippen LogP contribution in [-0.4, -0.2) is 46.4 Å². The van der Waals surface area contributed by atoms with Crippen LogP contribution in [0.15, 0.2) is 24.5 Å². The van der Waals surface area contributed by atoms with E-state index >= 15 is 0 Å². The van der Waals surface area contributed by atoms with Crippen molar-refractivity contribution in [3.8, 4) is 16.9 Å². The molecule has 0 aliphatic carbocycles. The number of aryl methyl sites for hydroxylation is 2. The Bertz CT molecular complexity index is 800. The normalized spacial score (nSPS) is 14.1. The Kier molecular flexibility index (Phi) is 6.36. The number of carbonyl (C=O) groups is 1. The van der Waals surface area contributed by atoms with Gasteiger partial charge in [0.1, 0.15) is 29.7 Å². The summed E-state index contributed by atoms with van der Waals surface area (Å²) < 4.78 is 19.2. The van der Waals surface area contributed by atoms with Crippen molar-refractivity contribution in [1.29, 1.82) is 0 Å². The molecule has 27 heavy (non-hydrogen) atoms. The maximum absolute atomic E-state index is 13.3. The third-order valence-corrected chi connectivity index (χ3v) is 4.04. The summed E-state index contributed by atoms with van der Waals surface area (Å²) >= 11 is 0. The van der Waals surface area contributed by atoms with Crippen LogP contribution in [-0.2, 0) is 4.79 Å². The van der Waals surface area contributed by atoms with Crippen molar-refractivity contribution in [1.82, 2.24) is 9.97 Å². The molecule has 3 rings (SSSR count). The van der Waals surface area contributed by atoms with E-state index in [1.807, 2.05) is 50.8 Å². The maximum Gasteiger partial charge on any atom is 0.290 e. The summed E-state index contributed by atoms with van der Waals surface area (Å²) in [5, 5.41) is 6.89. The number of benzene rings is 1. The number of ether oxygens (including phenoxy) is 1. The topological polar surface area (TPSA) is 75.6 Å². The highest BCUT2D eigenvalue weighted by molar-refractivity contribution is 5.80. The van der Waals surface area contributed by atoms with Crippen molar-refractivity contribution >= 4 is 12.3 Å². The zero-order valence-electron chi connectivity index (χ0n) is 16.4. The van der Waals surface area contributed by atoms with Gasteiger partial charge in [0.05, 0.1) is 18.8 Å². The summed E-state index contributed by atoms with van der Waals surface area (Å²) in [6.07, 6.45) is 0.781. The fourth-order valence-corrected chi connectivity index (χ4v) is 2.95. The van der Waals surface area contributed by atoms with Gasteiger partial charge in [0.2, 0.25) is 0 Å². The molecule has 2 aromatic rings. The molecule has 0 radical (unpaired) electrons. The predicted molar refractivity (Wildman–Crippen MR) is 103 cm³/mol. The second-order valence-electron chi connectivity index (χ2n) is 7.46. The molecular formula is C20H26FN3O3. The van der Waals surface area contributed by atoms with E-state index in [-0.39, 0.29) is 12.1 Å². The minimum atomic E-state index is -0.767. The van der Waals surface area contributed by atoms with Gasteiger partial charge >= 0.3 is 0 Å². The summed E-state index contributed by atoms with van der Waals surface area (Å²) in [5.74, 6) is 1.65. The second-order valence-corrected chi connectivity index (χ2v) is 7.46. The molecule has 7 heteroatoms. The minimum absolute atomic E-state index is 0.237. The highest BCUT2D eigenvalue weighted by Gasteiger charge is 2.30. The Morgan fingerprint density at radius 1 is 1.26 bits per heavy atom. The summed E-state index contributed by atoms with van der Waals surface area (Å²) in [6.45, 7) is 10.6. The van der Waals surface area contributed by atoms with Gasteiger partial charge in [-0.05, 0) is 57.9 Å². The molecule has 6 nitrogen and oxygen atoms in total. The Morgan fingerprint density at radius 3 is 2.41 bits per heavy atom. The van der Waals surface area contributed by atoms with Crippen molar-refractivity contribution in [3.63, 3.8) is 0 Å². The molecule has 0 unspecified atom stereocenters. The van der Waals surface area contributed by atoms with E-state index < -0.39 is 6.17 Å². The van der Waals surface area contributed by atoms with Crippen LogP contribution in [0.1, 0.15) is 32.0 Å². The van der Waals surface area contributed by atoms with Crippen LogP contribution in [0.5, 0.6) is 5.75 Å². The average Bonchev–Trinajstić information content (AvgIpc) is 2.52. The molecule has 0 atom stereocenters. The molecule has 0 amide bonds. The third-order valence-electron chi connectivity index (χ3n) is 4.04. The predicted octanol–water partition coefficient (Wildman–Crippen LogP) is 3.80. The molecule has 0 spiro atoms. The molecule has 146 valence electrons. The zero-order valence-corrected chi connectivity index (χ0v) is 16.4. The zero-order chi connectivity index (χ0) is 20.2. The van der Waals surface area contributed by atoms with E-state index in [1.54, 1.807) is 6.33 Å². The van der Waals surface area contributed by atoms with Gasteiger partial charge in [-0.15, -0.1) is 0 Å². The molecule has 0 bridgehead atoms. The lowest BCUT2D eigenvalue weighted by atomic mass is 9.98. The Morgan fingerprint density at radius 2 is 1.89 bits per heavy atom. The maximum atomic E-state index is 13.3. The smallest absolute Gasteiger partial charge is 0.290 e. The van der Waals surface area contributed by atoms with Gasteiger partial charge in [-0.3, -0.25) is 4.79 Å². The Balaban J connectivity index is 0.000000817. The number of anilines is 1. The van der Waals surface area contributed by atoms with Crippen molar-refractivity contribution in [2.24, 2.45) is 0 Å². The van der Waals surface area contributed by atoms with Gasteiger partial charge < -0.3 is 14.7 Å². The highest BCUT2D eigenvalue weighted by atomic mass is 19.1. The number of aromatic nitrogens is 2. The van der Waals surface area contributed by atoms with Gasteiger partial charge in [0, 0.05) is 5.56 Å². The van der Waals surface area contributed by atoms with Crippen LogP contribution in [0, 0.1) is 13.8 Å². The number of hydrogen-bond donors (Lipinski definition) is 1. The van der Waals surface area contributed by atoms with Crippen molar-refractivity contribution < 1.29 is 19.0 Å². The van der Waals surface area contributed by atoms with Crippen LogP contribution in [0.2, 0.25) is 0 Å². The lowest BCUT2D eigenvalue weighted by Crippen LogP contribution is -2.49. The van der Waals surface area contributed by atoms with Gasteiger partial charge in [-0.2, -0.15) is 0 Å². The first-order valence-corrected chi connectivity index (χ1v) is 8.74. The molecule has 1 aromatic heterocycles. The lowest BCUT2D eigenvalue weighted by Gasteiger charge is -2.36. The van der Waals surface area contributed by atoms with E-state index in [1.165, 1.54) is 0 Å².